The van der Waals surface area contributed by atoms with Crippen molar-refractivity contribution in [2.45, 2.75) is 19.8 Å². The summed E-state index contributed by atoms with van der Waals surface area (Å²) < 4.78 is 5.62. The zero-order valence-electron chi connectivity index (χ0n) is 25.8. The number of benzene rings is 2. The first-order valence-electron chi connectivity index (χ1n) is 15.0. The van der Waals surface area contributed by atoms with Gasteiger partial charge in [-0.15, -0.1) is 0 Å². The van der Waals surface area contributed by atoms with E-state index in [1.165, 1.54) is 6.21 Å². The maximum atomic E-state index is 10.1. The lowest BCUT2D eigenvalue weighted by molar-refractivity contribution is 0.0547. The van der Waals surface area contributed by atoms with E-state index in [4.69, 9.17) is 23.3 Å². The fraction of sp³-hybridized carbons (Fsp3) is 0.205. The minimum absolute atomic E-state index is 0.144. The Hall–Kier alpha value is -5.99. The summed E-state index contributed by atoms with van der Waals surface area (Å²) in [5, 5.41) is 28.0. The van der Waals surface area contributed by atoms with Crippen LogP contribution >= 0.6 is 0 Å². The normalized spacial score (nSPS) is 17.2. The number of hydrogen-bond donors (Lipinski definition) is 1. The first-order valence-corrected chi connectivity index (χ1v) is 15.0. The highest BCUT2D eigenvalue weighted by Gasteiger charge is 2.25. The third-order valence-electron chi connectivity index (χ3n) is 7.81. The van der Waals surface area contributed by atoms with Crippen molar-refractivity contribution >= 4 is 17.4 Å². The molecule has 0 radical (unpaired) electrons. The van der Waals surface area contributed by atoms with Crippen LogP contribution in [0.1, 0.15) is 30.9 Å². The van der Waals surface area contributed by atoms with Crippen LogP contribution < -0.4 is 0 Å². The quantitative estimate of drug-likeness (QED) is 0.128. The van der Waals surface area contributed by atoms with Crippen molar-refractivity contribution in [1.29, 1.82) is 15.9 Å². The largest absolute Gasteiger partial charge is 0.528 e. The van der Waals surface area contributed by atoms with Crippen LogP contribution in [0.2, 0.25) is 0 Å². The van der Waals surface area contributed by atoms with E-state index in [-0.39, 0.29) is 17.3 Å². The molecule has 4 rings (SSSR count). The lowest BCUT2D eigenvalue weighted by Gasteiger charge is -2.31. The number of ether oxygens (including phenoxy) is 1. The zero-order valence-corrected chi connectivity index (χ0v) is 25.8. The summed E-state index contributed by atoms with van der Waals surface area (Å²) in [5.74, 6) is -0.361. The van der Waals surface area contributed by atoms with E-state index in [2.05, 4.69) is 32.8 Å². The molecule has 1 saturated heterocycles. The maximum absolute atomic E-state index is 10.1. The standard InChI is InChI=1S/C39H34N6O/c1-29(26-40)36(30-12-6-4-7-13-30)34(27-41)18-10-16-32-20-21-33(38(32)45-22-24-46-25-23-45)17-11-19-35(28-42)37(39(43-2)44-3)31-14-8-5-9-15-31/h4-19,26,29,40H,20-25H2,1H3/b17-11+,18-10+,32-16?,35-19+,36-34+,40-26?. The molecule has 1 aliphatic heterocycles. The number of morpholine rings is 1. The van der Waals surface area contributed by atoms with E-state index >= 15 is 0 Å². The van der Waals surface area contributed by atoms with Gasteiger partial charge in [0, 0.05) is 30.9 Å². The summed E-state index contributed by atoms with van der Waals surface area (Å²) >= 11 is 0. The number of hydrogen-bond acceptors (Lipinski definition) is 5. The lowest BCUT2D eigenvalue weighted by atomic mass is 9.90. The smallest absolute Gasteiger partial charge is 0.378 e. The van der Waals surface area contributed by atoms with Crippen molar-refractivity contribution in [3.63, 3.8) is 0 Å². The van der Waals surface area contributed by atoms with Crippen LogP contribution in [0.15, 0.2) is 131 Å². The van der Waals surface area contributed by atoms with Gasteiger partial charge in [-0.25, -0.2) is 0 Å². The number of nitrogens with one attached hydrogen (secondary N) is 1. The third-order valence-corrected chi connectivity index (χ3v) is 7.81. The number of nitrogens with zero attached hydrogens (tertiary/aromatic N) is 5. The van der Waals surface area contributed by atoms with Gasteiger partial charge >= 0.3 is 5.82 Å². The minimum Gasteiger partial charge on any atom is -0.378 e. The molecule has 1 atom stereocenters. The van der Waals surface area contributed by atoms with Gasteiger partial charge in [-0.2, -0.15) is 20.2 Å². The van der Waals surface area contributed by atoms with Gasteiger partial charge in [-0.1, -0.05) is 91.9 Å². The van der Waals surface area contributed by atoms with Gasteiger partial charge in [0.05, 0.1) is 42.1 Å². The number of rotatable bonds is 10. The van der Waals surface area contributed by atoms with Gasteiger partial charge in [0.1, 0.15) is 13.1 Å². The van der Waals surface area contributed by atoms with Crippen molar-refractivity contribution in [2.24, 2.45) is 5.92 Å². The Morgan fingerprint density at radius 3 is 2.17 bits per heavy atom. The Kier molecular flexibility index (Phi) is 12.0. The molecule has 7 nitrogen and oxygen atoms in total. The average molecular weight is 603 g/mol. The molecule has 2 aromatic carbocycles. The number of nitriles is 2. The molecular weight excluding hydrogens is 568 g/mol. The van der Waals surface area contributed by atoms with Crippen LogP contribution in [0.3, 0.4) is 0 Å². The molecule has 1 fully saturated rings. The van der Waals surface area contributed by atoms with Crippen LogP contribution in [0, 0.1) is 47.1 Å². The molecular formula is C39H34N6O. The van der Waals surface area contributed by atoms with Crippen LogP contribution in [0.25, 0.3) is 20.8 Å². The fourth-order valence-electron chi connectivity index (χ4n) is 5.63. The highest BCUT2D eigenvalue weighted by molar-refractivity contribution is 5.87. The van der Waals surface area contributed by atoms with E-state index in [0.717, 1.165) is 53.9 Å². The Morgan fingerprint density at radius 2 is 1.59 bits per heavy atom. The second kappa shape index (κ2) is 16.7. The Balaban J connectivity index is 1.73. The zero-order chi connectivity index (χ0) is 32.7. The van der Waals surface area contributed by atoms with Gasteiger partial charge < -0.3 is 15.0 Å². The molecule has 0 amide bonds. The fourth-order valence-corrected chi connectivity index (χ4v) is 5.63. The molecule has 0 spiro atoms. The topological polar surface area (TPSA) is 92.6 Å². The Bertz CT molecular complexity index is 1810. The molecule has 226 valence electrons. The monoisotopic (exact) mass is 602 g/mol. The summed E-state index contributed by atoms with van der Waals surface area (Å²) in [6, 6.07) is 23.3. The first kappa shape index (κ1) is 32.9. The molecule has 46 heavy (non-hydrogen) atoms. The predicted octanol–water partition coefficient (Wildman–Crippen LogP) is 8.33. The maximum Gasteiger partial charge on any atom is 0.528 e. The molecule has 1 N–H and O–H groups in total. The third kappa shape index (κ3) is 7.93. The molecule has 2 aliphatic rings. The molecule has 2 aromatic rings. The Labute approximate surface area is 271 Å². The van der Waals surface area contributed by atoms with Crippen molar-refractivity contribution in [1.82, 2.24) is 4.90 Å². The highest BCUT2D eigenvalue weighted by atomic mass is 16.5. The second-order valence-corrected chi connectivity index (χ2v) is 10.6. The summed E-state index contributed by atoms with van der Waals surface area (Å²) in [7, 11) is 0. The summed E-state index contributed by atoms with van der Waals surface area (Å²) in [6.45, 7) is 19.7. The molecule has 1 aliphatic carbocycles. The van der Waals surface area contributed by atoms with Crippen LogP contribution in [0.4, 0.5) is 0 Å². The SMILES string of the molecule is [C-]#[N+]C([N+]#[C-])=C(/C(C#N)=C/C=C/C1=C(N2CCOCC2)C(=C/C=C/C(C#N)=C(\c2ccccc2)C(C)C=N)CC1)c1ccccc1. The van der Waals surface area contributed by atoms with E-state index < -0.39 is 0 Å². The summed E-state index contributed by atoms with van der Waals surface area (Å²) in [6.07, 6.45) is 14.3. The van der Waals surface area contributed by atoms with E-state index in [1.807, 2.05) is 79.8 Å². The molecule has 7 heteroatoms. The van der Waals surface area contributed by atoms with E-state index in [0.29, 0.717) is 29.9 Å². The molecule has 0 saturated carbocycles. The Morgan fingerprint density at radius 1 is 0.935 bits per heavy atom. The van der Waals surface area contributed by atoms with Crippen molar-refractivity contribution in [3.8, 4) is 12.1 Å². The van der Waals surface area contributed by atoms with Gasteiger partial charge in [0.15, 0.2) is 0 Å². The molecule has 0 bridgehead atoms. The summed E-state index contributed by atoms with van der Waals surface area (Å²) in [5.41, 5.74) is 6.86. The molecule has 1 heterocycles. The second-order valence-electron chi connectivity index (χ2n) is 10.6. The minimum atomic E-state index is -0.217. The van der Waals surface area contributed by atoms with Crippen molar-refractivity contribution < 1.29 is 4.74 Å². The summed E-state index contributed by atoms with van der Waals surface area (Å²) in [4.78, 5) is 9.11. The first-order chi connectivity index (χ1) is 22.6. The average Bonchev–Trinajstić information content (AvgIpc) is 3.52. The molecule has 0 aromatic heterocycles. The van der Waals surface area contributed by atoms with Crippen molar-refractivity contribution in [3.05, 3.63) is 165 Å². The van der Waals surface area contributed by atoms with Gasteiger partial charge in [-0.3, -0.25) is 0 Å². The number of allylic oxidation sites excluding steroid dienone is 12. The van der Waals surface area contributed by atoms with Crippen molar-refractivity contribution in [2.75, 3.05) is 26.3 Å². The van der Waals surface area contributed by atoms with E-state index in [1.54, 1.807) is 18.2 Å². The molecule has 1 unspecified atom stereocenters. The van der Waals surface area contributed by atoms with Gasteiger partial charge in [0.25, 0.3) is 0 Å². The lowest BCUT2D eigenvalue weighted by Crippen LogP contribution is -2.36. The van der Waals surface area contributed by atoms with Crippen LogP contribution in [-0.4, -0.2) is 37.4 Å². The van der Waals surface area contributed by atoms with E-state index in [9.17, 15) is 10.5 Å². The van der Waals surface area contributed by atoms with Crippen LogP contribution in [-0.2, 0) is 4.74 Å². The predicted molar refractivity (Wildman–Crippen MR) is 182 cm³/mol. The van der Waals surface area contributed by atoms with Gasteiger partial charge in [-0.05, 0) is 52.8 Å². The van der Waals surface area contributed by atoms with Crippen LogP contribution in [0.5, 0.6) is 0 Å². The van der Waals surface area contributed by atoms with Gasteiger partial charge in [0.2, 0.25) is 0 Å². The highest BCUT2D eigenvalue weighted by Crippen LogP contribution is 2.36.